The van der Waals surface area contributed by atoms with Crippen LogP contribution >= 0.6 is 0 Å². The molecule has 5 nitrogen and oxygen atoms in total. The lowest BCUT2D eigenvalue weighted by Crippen LogP contribution is -2.46. The SMILES string of the molecule is CS(=O)(=O)N1C[C@H](CC2CCCCC2)C[C@H](C(=O)O)C1. The van der Waals surface area contributed by atoms with Crippen molar-refractivity contribution in [1.29, 1.82) is 0 Å². The Labute approximate surface area is 121 Å². The van der Waals surface area contributed by atoms with E-state index in [4.69, 9.17) is 0 Å². The molecule has 2 rings (SSSR count). The van der Waals surface area contributed by atoms with Crippen LogP contribution in [0.5, 0.6) is 0 Å². The average molecular weight is 303 g/mol. The van der Waals surface area contributed by atoms with E-state index in [2.05, 4.69) is 0 Å². The summed E-state index contributed by atoms with van der Waals surface area (Å²) < 4.78 is 24.8. The van der Waals surface area contributed by atoms with Crippen LogP contribution in [0.2, 0.25) is 0 Å². The number of sulfonamides is 1. The molecule has 20 heavy (non-hydrogen) atoms. The van der Waals surface area contributed by atoms with Gasteiger partial charge in [0.25, 0.3) is 0 Å². The molecule has 0 aromatic rings. The number of hydrogen-bond acceptors (Lipinski definition) is 3. The Morgan fingerprint density at radius 1 is 1.15 bits per heavy atom. The van der Waals surface area contributed by atoms with Crippen molar-refractivity contribution in [1.82, 2.24) is 4.31 Å². The molecule has 1 N–H and O–H groups in total. The van der Waals surface area contributed by atoms with E-state index in [0.717, 1.165) is 6.42 Å². The molecule has 0 spiro atoms. The van der Waals surface area contributed by atoms with E-state index in [1.165, 1.54) is 42.7 Å². The zero-order valence-corrected chi connectivity index (χ0v) is 12.9. The van der Waals surface area contributed by atoms with Crippen molar-refractivity contribution in [2.75, 3.05) is 19.3 Å². The zero-order valence-electron chi connectivity index (χ0n) is 12.1. The van der Waals surface area contributed by atoms with E-state index >= 15 is 0 Å². The molecule has 0 aromatic carbocycles. The van der Waals surface area contributed by atoms with Crippen molar-refractivity contribution in [3.8, 4) is 0 Å². The molecule has 2 atom stereocenters. The quantitative estimate of drug-likeness (QED) is 0.861. The van der Waals surface area contributed by atoms with E-state index in [0.29, 0.717) is 18.9 Å². The third-order valence-electron chi connectivity index (χ3n) is 4.71. The first-order valence-corrected chi connectivity index (χ1v) is 9.39. The first kappa shape index (κ1) is 15.8. The Balaban J connectivity index is 2.01. The molecule has 0 aromatic heterocycles. The van der Waals surface area contributed by atoms with Crippen LogP contribution in [-0.4, -0.2) is 43.1 Å². The molecule has 2 fully saturated rings. The summed E-state index contributed by atoms with van der Waals surface area (Å²) >= 11 is 0. The second-order valence-corrected chi connectivity index (χ2v) is 8.44. The summed E-state index contributed by atoms with van der Waals surface area (Å²) in [5.41, 5.74) is 0. The summed E-state index contributed by atoms with van der Waals surface area (Å²) in [6.45, 7) is 0.633. The van der Waals surface area contributed by atoms with Crippen molar-refractivity contribution in [3.05, 3.63) is 0 Å². The van der Waals surface area contributed by atoms with Crippen LogP contribution in [0.1, 0.15) is 44.9 Å². The zero-order chi connectivity index (χ0) is 14.8. The molecule has 0 radical (unpaired) electrons. The summed E-state index contributed by atoms with van der Waals surface area (Å²) in [6, 6.07) is 0. The van der Waals surface area contributed by atoms with Crippen LogP contribution < -0.4 is 0 Å². The van der Waals surface area contributed by atoms with Gasteiger partial charge in [0.2, 0.25) is 10.0 Å². The van der Waals surface area contributed by atoms with E-state index in [1.807, 2.05) is 0 Å². The molecule has 1 aliphatic carbocycles. The van der Waals surface area contributed by atoms with Crippen molar-refractivity contribution < 1.29 is 18.3 Å². The number of piperidine rings is 1. The van der Waals surface area contributed by atoms with Crippen molar-refractivity contribution in [2.24, 2.45) is 17.8 Å². The fraction of sp³-hybridized carbons (Fsp3) is 0.929. The summed E-state index contributed by atoms with van der Waals surface area (Å²) in [5, 5.41) is 9.22. The minimum atomic E-state index is -3.30. The van der Waals surface area contributed by atoms with E-state index in [-0.39, 0.29) is 12.5 Å². The Morgan fingerprint density at radius 2 is 1.80 bits per heavy atom. The lowest BCUT2D eigenvalue weighted by atomic mass is 9.79. The number of nitrogens with zero attached hydrogens (tertiary/aromatic N) is 1. The first-order chi connectivity index (χ1) is 9.36. The Morgan fingerprint density at radius 3 is 2.35 bits per heavy atom. The van der Waals surface area contributed by atoms with E-state index < -0.39 is 21.9 Å². The fourth-order valence-electron chi connectivity index (χ4n) is 3.67. The highest BCUT2D eigenvalue weighted by Gasteiger charge is 2.36. The minimum absolute atomic E-state index is 0.134. The first-order valence-electron chi connectivity index (χ1n) is 7.54. The van der Waals surface area contributed by atoms with Gasteiger partial charge in [-0.2, -0.15) is 0 Å². The smallest absolute Gasteiger partial charge is 0.307 e. The number of carboxylic acid groups (broad SMARTS) is 1. The fourth-order valence-corrected chi connectivity index (χ4v) is 4.61. The van der Waals surface area contributed by atoms with Gasteiger partial charge in [-0.3, -0.25) is 4.79 Å². The molecule has 1 saturated heterocycles. The van der Waals surface area contributed by atoms with Crippen LogP contribution in [0, 0.1) is 17.8 Å². The summed E-state index contributed by atoms with van der Waals surface area (Å²) in [7, 11) is -3.30. The maximum atomic E-state index is 11.7. The summed E-state index contributed by atoms with van der Waals surface area (Å²) in [4.78, 5) is 11.2. The van der Waals surface area contributed by atoms with Gasteiger partial charge >= 0.3 is 5.97 Å². The van der Waals surface area contributed by atoms with Crippen LogP contribution in [0.3, 0.4) is 0 Å². The molecule has 1 heterocycles. The number of rotatable bonds is 4. The topological polar surface area (TPSA) is 74.7 Å². The Bertz CT molecular complexity index is 442. The average Bonchev–Trinajstić information content (AvgIpc) is 2.38. The summed E-state index contributed by atoms with van der Waals surface area (Å²) in [6.07, 6.45) is 9.03. The molecule has 1 aliphatic heterocycles. The van der Waals surface area contributed by atoms with Gasteiger partial charge < -0.3 is 5.11 Å². The molecule has 1 saturated carbocycles. The lowest BCUT2D eigenvalue weighted by molar-refractivity contribution is -0.143. The van der Waals surface area contributed by atoms with E-state index in [1.54, 1.807) is 0 Å². The highest BCUT2D eigenvalue weighted by molar-refractivity contribution is 7.88. The molecule has 0 bridgehead atoms. The number of hydrogen-bond donors (Lipinski definition) is 1. The van der Waals surface area contributed by atoms with E-state index in [9.17, 15) is 18.3 Å². The molecule has 6 heteroatoms. The monoisotopic (exact) mass is 303 g/mol. The molecule has 0 unspecified atom stereocenters. The Kier molecular flexibility index (Phi) is 5.07. The van der Waals surface area contributed by atoms with Gasteiger partial charge in [0, 0.05) is 13.1 Å². The molecule has 116 valence electrons. The van der Waals surface area contributed by atoms with Crippen LogP contribution in [-0.2, 0) is 14.8 Å². The van der Waals surface area contributed by atoms with Crippen LogP contribution in [0.15, 0.2) is 0 Å². The second-order valence-electron chi connectivity index (χ2n) is 6.46. The number of carbonyl (C=O) groups is 1. The molecular weight excluding hydrogens is 278 g/mol. The summed E-state index contributed by atoms with van der Waals surface area (Å²) in [5.74, 6) is -0.565. The second kappa shape index (κ2) is 6.43. The van der Waals surface area contributed by atoms with Gasteiger partial charge in [0.05, 0.1) is 12.2 Å². The minimum Gasteiger partial charge on any atom is -0.481 e. The highest BCUT2D eigenvalue weighted by Crippen LogP contribution is 2.34. The van der Waals surface area contributed by atoms with Crippen molar-refractivity contribution >= 4 is 16.0 Å². The third-order valence-corrected chi connectivity index (χ3v) is 5.95. The molecule has 2 aliphatic rings. The maximum Gasteiger partial charge on any atom is 0.307 e. The van der Waals surface area contributed by atoms with Gasteiger partial charge in [0.15, 0.2) is 0 Å². The van der Waals surface area contributed by atoms with Crippen molar-refractivity contribution in [2.45, 2.75) is 44.9 Å². The standard InChI is InChI=1S/C14H25NO4S/c1-20(18,19)15-9-12(8-13(10-15)14(16)17)7-11-5-3-2-4-6-11/h11-13H,2-10H2,1H3,(H,16,17)/t12-,13+/m1/s1. The normalized spacial score (nSPS) is 30.2. The third kappa shape index (κ3) is 4.19. The maximum absolute atomic E-state index is 11.7. The molecular formula is C14H25NO4S. The number of aliphatic carboxylic acids is 1. The number of carboxylic acids is 1. The predicted octanol–water partition coefficient (Wildman–Crippen LogP) is 1.94. The molecule has 0 amide bonds. The lowest BCUT2D eigenvalue weighted by Gasteiger charge is -2.36. The highest BCUT2D eigenvalue weighted by atomic mass is 32.2. The Hall–Kier alpha value is -0.620. The predicted molar refractivity (Wildman–Crippen MR) is 76.8 cm³/mol. The van der Waals surface area contributed by atoms with Gasteiger partial charge in [-0.15, -0.1) is 0 Å². The van der Waals surface area contributed by atoms with Crippen molar-refractivity contribution in [3.63, 3.8) is 0 Å². The van der Waals surface area contributed by atoms with Crippen LogP contribution in [0.25, 0.3) is 0 Å². The van der Waals surface area contributed by atoms with Gasteiger partial charge in [-0.25, -0.2) is 12.7 Å². The largest absolute Gasteiger partial charge is 0.481 e. The van der Waals surface area contributed by atoms with Gasteiger partial charge in [-0.05, 0) is 24.7 Å². The van der Waals surface area contributed by atoms with Crippen LogP contribution in [0.4, 0.5) is 0 Å². The van der Waals surface area contributed by atoms with Gasteiger partial charge in [-0.1, -0.05) is 32.1 Å². The van der Waals surface area contributed by atoms with Gasteiger partial charge in [0.1, 0.15) is 0 Å².